The monoisotopic (exact) mass is 89.0 g/mol. The van der Waals surface area contributed by atoms with Gasteiger partial charge in [0.2, 0.25) is 0 Å². The van der Waals surface area contributed by atoms with Crippen molar-refractivity contribution in [2.24, 2.45) is 0 Å². The fourth-order valence-electron chi connectivity index (χ4n) is 0.396. The van der Waals surface area contributed by atoms with E-state index in [2.05, 4.69) is 10.3 Å². The Labute approximate surface area is 35.9 Å². The smallest absolute Gasteiger partial charge is 0.175 e. The number of hydrogen-bond donors (Lipinski definition) is 2. The zero-order valence-corrected chi connectivity index (χ0v) is 3.35. The van der Waals surface area contributed by atoms with Gasteiger partial charge in [-0.3, -0.25) is 4.84 Å². The van der Waals surface area contributed by atoms with E-state index in [1.165, 1.54) is 0 Å². The fourth-order valence-corrected chi connectivity index (χ4v) is 0.396. The lowest BCUT2D eigenvalue weighted by atomic mass is 10.5. The van der Waals surface area contributed by atoms with E-state index in [1.54, 1.807) is 0 Å². The van der Waals surface area contributed by atoms with E-state index in [-0.39, 0.29) is 0 Å². The van der Waals surface area contributed by atoms with Crippen molar-refractivity contribution in [1.29, 1.82) is 0 Å². The minimum absolute atomic E-state index is 0.565. The highest BCUT2D eigenvalue weighted by molar-refractivity contribution is 4.47. The molecule has 1 saturated heterocycles. The zero-order valence-electron chi connectivity index (χ0n) is 3.35. The molecule has 1 fully saturated rings. The van der Waals surface area contributed by atoms with Crippen molar-refractivity contribution in [2.75, 3.05) is 6.54 Å². The van der Waals surface area contributed by atoms with Gasteiger partial charge in [-0.2, -0.15) is 5.48 Å². The fraction of sp³-hybridized carbons (Fsp3) is 1.00. The molecule has 36 valence electrons. The predicted octanol–water partition coefficient (Wildman–Crippen LogP) is -0.770. The normalized spacial score (nSPS) is 34.5. The third-order valence-corrected chi connectivity index (χ3v) is 0.713. The van der Waals surface area contributed by atoms with Crippen molar-refractivity contribution >= 4 is 0 Å². The van der Waals surface area contributed by atoms with Crippen LogP contribution in [0.3, 0.4) is 0 Å². The zero-order chi connectivity index (χ0) is 4.41. The van der Waals surface area contributed by atoms with Gasteiger partial charge in [0.1, 0.15) is 0 Å². The number of aliphatic hydroxyl groups is 1. The summed E-state index contributed by atoms with van der Waals surface area (Å²) in [5.74, 6) is 0. The molecule has 0 amide bonds. The molecule has 0 aromatic rings. The summed E-state index contributed by atoms with van der Waals surface area (Å²) in [7, 11) is 0. The van der Waals surface area contributed by atoms with Crippen LogP contribution in [-0.4, -0.2) is 17.9 Å². The number of rotatable bonds is 0. The van der Waals surface area contributed by atoms with Crippen LogP contribution in [0.4, 0.5) is 0 Å². The highest BCUT2D eigenvalue weighted by atomic mass is 16.7. The van der Waals surface area contributed by atoms with E-state index in [4.69, 9.17) is 5.11 Å². The van der Waals surface area contributed by atoms with E-state index in [9.17, 15) is 0 Å². The molecule has 0 unspecified atom stereocenters. The van der Waals surface area contributed by atoms with Gasteiger partial charge < -0.3 is 5.11 Å². The average Bonchev–Trinajstić information content (AvgIpc) is 1.86. The molecule has 0 bridgehead atoms. The quantitative estimate of drug-likeness (QED) is 0.409. The van der Waals surface area contributed by atoms with E-state index >= 15 is 0 Å². The van der Waals surface area contributed by atoms with Crippen molar-refractivity contribution in [3.8, 4) is 0 Å². The van der Waals surface area contributed by atoms with E-state index < -0.39 is 6.29 Å². The summed E-state index contributed by atoms with van der Waals surface area (Å²) in [4.78, 5) is 4.46. The molecule has 0 saturated carbocycles. The molecule has 1 rings (SSSR count). The summed E-state index contributed by atoms with van der Waals surface area (Å²) in [6.45, 7) is 0.765. The van der Waals surface area contributed by atoms with Crippen molar-refractivity contribution in [3.63, 3.8) is 0 Å². The molecule has 2 N–H and O–H groups in total. The number of hydrogen-bond acceptors (Lipinski definition) is 3. The van der Waals surface area contributed by atoms with Gasteiger partial charge in [0.25, 0.3) is 0 Å². The van der Waals surface area contributed by atoms with Gasteiger partial charge in [-0.15, -0.1) is 0 Å². The van der Waals surface area contributed by atoms with Crippen molar-refractivity contribution in [2.45, 2.75) is 12.7 Å². The van der Waals surface area contributed by atoms with Crippen LogP contribution in [0.15, 0.2) is 0 Å². The summed E-state index contributed by atoms with van der Waals surface area (Å²) < 4.78 is 0. The first kappa shape index (κ1) is 4.05. The Balaban J connectivity index is 2.18. The van der Waals surface area contributed by atoms with Gasteiger partial charge in [0, 0.05) is 13.0 Å². The first-order valence-electron chi connectivity index (χ1n) is 1.96. The molecule has 0 aromatic carbocycles. The molecule has 6 heavy (non-hydrogen) atoms. The highest BCUT2D eigenvalue weighted by Gasteiger charge is 2.08. The topological polar surface area (TPSA) is 41.5 Å². The van der Waals surface area contributed by atoms with Crippen molar-refractivity contribution in [3.05, 3.63) is 0 Å². The Morgan fingerprint density at radius 3 is 2.83 bits per heavy atom. The summed E-state index contributed by atoms with van der Waals surface area (Å²) in [5.41, 5.74) is 2.52. The molecule has 0 aliphatic carbocycles. The Kier molecular flexibility index (Phi) is 1.05. The molecule has 1 aliphatic heterocycles. The highest BCUT2D eigenvalue weighted by Crippen LogP contribution is 1.95. The SMILES string of the molecule is O[C@@H]1CCNO1. The summed E-state index contributed by atoms with van der Waals surface area (Å²) >= 11 is 0. The Morgan fingerprint density at radius 1 is 1.83 bits per heavy atom. The van der Waals surface area contributed by atoms with Gasteiger partial charge in [0.05, 0.1) is 0 Å². The maximum absolute atomic E-state index is 8.44. The van der Waals surface area contributed by atoms with E-state index in [0.717, 1.165) is 6.54 Å². The molecule has 1 heterocycles. The molecule has 3 nitrogen and oxygen atoms in total. The van der Waals surface area contributed by atoms with Crippen LogP contribution in [0.1, 0.15) is 6.42 Å². The Bertz CT molecular complexity index is 42.1. The maximum atomic E-state index is 8.44. The second-order valence-corrected chi connectivity index (χ2v) is 1.26. The Hall–Kier alpha value is -0.120. The van der Waals surface area contributed by atoms with Gasteiger partial charge in [-0.25, -0.2) is 0 Å². The molecular weight excluding hydrogens is 82.0 g/mol. The lowest BCUT2D eigenvalue weighted by Crippen LogP contribution is -2.07. The van der Waals surface area contributed by atoms with E-state index in [1.807, 2.05) is 0 Å². The molecule has 0 radical (unpaired) electrons. The van der Waals surface area contributed by atoms with Gasteiger partial charge in [-0.1, -0.05) is 0 Å². The van der Waals surface area contributed by atoms with Gasteiger partial charge in [0.15, 0.2) is 6.29 Å². The molecular formula is C3H7NO2. The number of aliphatic hydroxyl groups excluding tert-OH is 1. The predicted molar refractivity (Wildman–Crippen MR) is 19.7 cm³/mol. The minimum Gasteiger partial charge on any atom is -0.366 e. The first-order valence-corrected chi connectivity index (χ1v) is 1.96. The number of hydroxylamine groups is 1. The molecule has 0 aromatic heterocycles. The summed E-state index contributed by atoms with van der Waals surface area (Å²) in [5, 5.41) is 8.44. The lowest BCUT2D eigenvalue weighted by molar-refractivity contribution is -0.0994. The molecule has 0 spiro atoms. The third kappa shape index (κ3) is 0.680. The largest absolute Gasteiger partial charge is 0.366 e. The summed E-state index contributed by atoms with van der Waals surface area (Å²) in [6.07, 6.45) is 0.144. The molecule has 3 heteroatoms. The van der Waals surface area contributed by atoms with Crippen molar-refractivity contribution < 1.29 is 9.94 Å². The minimum atomic E-state index is -0.565. The molecule has 1 atom stereocenters. The van der Waals surface area contributed by atoms with Crippen LogP contribution in [0, 0.1) is 0 Å². The van der Waals surface area contributed by atoms with Crippen LogP contribution in [-0.2, 0) is 4.84 Å². The van der Waals surface area contributed by atoms with Gasteiger partial charge >= 0.3 is 0 Å². The first-order chi connectivity index (χ1) is 2.89. The lowest BCUT2D eigenvalue weighted by Gasteiger charge is -1.92. The van der Waals surface area contributed by atoms with Crippen LogP contribution >= 0.6 is 0 Å². The van der Waals surface area contributed by atoms with Crippen LogP contribution < -0.4 is 5.48 Å². The standard InChI is InChI=1S/C3H7NO2/c5-3-1-2-4-6-3/h3-5H,1-2H2/t3-/m0/s1. The van der Waals surface area contributed by atoms with Crippen LogP contribution in [0.5, 0.6) is 0 Å². The third-order valence-electron chi connectivity index (χ3n) is 0.713. The van der Waals surface area contributed by atoms with Crippen molar-refractivity contribution in [1.82, 2.24) is 5.48 Å². The van der Waals surface area contributed by atoms with Gasteiger partial charge in [-0.05, 0) is 0 Å². The second kappa shape index (κ2) is 1.55. The Morgan fingerprint density at radius 2 is 2.67 bits per heavy atom. The van der Waals surface area contributed by atoms with E-state index in [0.29, 0.717) is 6.42 Å². The maximum Gasteiger partial charge on any atom is 0.175 e. The van der Waals surface area contributed by atoms with Crippen LogP contribution in [0.2, 0.25) is 0 Å². The molecule has 1 aliphatic rings. The summed E-state index contributed by atoms with van der Waals surface area (Å²) in [6, 6.07) is 0. The number of nitrogens with one attached hydrogen (secondary N) is 1. The second-order valence-electron chi connectivity index (χ2n) is 1.26. The average molecular weight is 89.1 g/mol. The van der Waals surface area contributed by atoms with Crippen LogP contribution in [0.25, 0.3) is 0 Å².